The maximum Gasteiger partial charge on any atom is 0.269 e. The fourth-order valence-corrected chi connectivity index (χ4v) is 1.30. The third kappa shape index (κ3) is 3.59. The van der Waals surface area contributed by atoms with Gasteiger partial charge in [-0.3, -0.25) is 9.89 Å². The van der Waals surface area contributed by atoms with Crippen LogP contribution in [-0.2, 0) is 0 Å². The van der Waals surface area contributed by atoms with Gasteiger partial charge in [-0.25, -0.2) is 0 Å². The zero-order valence-corrected chi connectivity index (χ0v) is 8.80. The summed E-state index contributed by atoms with van der Waals surface area (Å²) in [6.07, 6.45) is 3.63. The summed E-state index contributed by atoms with van der Waals surface area (Å²) in [4.78, 5) is 11.3. The highest BCUT2D eigenvalue weighted by Gasteiger charge is 2.04. The van der Waals surface area contributed by atoms with E-state index in [0.717, 1.165) is 18.2 Å². The number of aromatic nitrogens is 2. The molecule has 13 heavy (non-hydrogen) atoms. The van der Waals surface area contributed by atoms with Crippen LogP contribution in [0, 0.1) is 0 Å². The molecular formula is C8H12BrN3O. The predicted octanol–water partition coefficient (Wildman–Crippen LogP) is 1.31. The van der Waals surface area contributed by atoms with Gasteiger partial charge in [-0.1, -0.05) is 15.9 Å². The minimum Gasteiger partial charge on any atom is -0.351 e. The Balaban J connectivity index is 2.19. The van der Waals surface area contributed by atoms with E-state index in [1.807, 2.05) is 0 Å². The molecule has 1 aromatic rings. The Bertz CT molecular complexity index is 248. The highest BCUT2D eigenvalue weighted by atomic mass is 79.9. The maximum atomic E-state index is 11.3. The lowest BCUT2D eigenvalue weighted by atomic mass is 10.3. The number of hydrogen-bond acceptors (Lipinski definition) is 2. The van der Waals surface area contributed by atoms with E-state index < -0.39 is 0 Å². The van der Waals surface area contributed by atoms with Crippen molar-refractivity contribution in [1.82, 2.24) is 15.5 Å². The SMILES string of the molecule is O=C(NCCCCBr)c1ccn[nH]1. The normalized spacial score (nSPS) is 9.92. The minimum atomic E-state index is -0.0907. The Morgan fingerprint density at radius 3 is 3.08 bits per heavy atom. The average molecular weight is 246 g/mol. The zero-order chi connectivity index (χ0) is 9.52. The molecule has 4 nitrogen and oxygen atoms in total. The standard InChI is InChI=1S/C8H12BrN3O/c9-4-1-2-5-10-8(13)7-3-6-11-12-7/h3,6H,1-2,4-5H2,(H,10,13)(H,11,12). The number of alkyl halides is 1. The molecule has 2 N–H and O–H groups in total. The molecule has 0 radical (unpaired) electrons. The van der Waals surface area contributed by atoms with Crippen molar-refractivity contribution in [1.29, 1.82) is 0 Å². The van der Waals surface area contributed by atoms with Crippen molar-refractivity contribution in [2.24, 2.45) is 0 Å². The van der Waals surface area contributed by atoms with Crippen LogP contribution < -0.4 is 5.32 Å². The molecule has 0 spiro atoms. The molecule has 0 aliphatic heterocycles. The first kappa shape index (κ1) is 10.2. The molecule has 0 aliphatic carbocycles. The summed E-state index contributed by atoms with van der Waals surface area (Å²) in [5.74, 6) is -0.0907. The fraction of sp³-hybridized carbons (Fsp3) is 0.500. The van der Waals surface area contributed by atoms with Gasteiger partial charge in [-0.15, -0.1) is 0 Å². The molecule has 1 heterocycles. The van der Waals surface area contributed by atoms with Crippen molar-refractivity contribution in [3.63, 3.8) is 0 Å². The number of aromatic amines is 1. The van der Waals surface area contributed by atoms with Crippen LogP contribution in [0.2, 0.25) is 0 Å². The third-order valence-corrected chi connectivity index (χ3v) is 2.15. The highest BCUT2D eigenvalue weighted by molar-refractivity contribution is 9.09. The van der Waals surface area contributed by atoms with E-state index in [1.54, 1.807) is 12.3 Å². The Kier molecular flexibility index (Phi) is 4.53. The molecule has 5 heteroatoms. The molecular weight excluding hydrogens is 234 g/mol. The number of rotatable bonds is 5. The van der Waals surface area contributed by atoms with Crippen molar-refractivity contribution in [3.05, 3.63) is 18.0 Å². The lowest BCUT2D eigenvalue weighted by molar-refractivity contribution is 0.0948. The summed E-state index contributed by atoms with van der Waals surface area (Å²) < 4.78 is 0. The summed E-state index contributed by atoms with van der Waals surface area (Å²) in [5.41, 5.74) is 0.513. The molecule has 0 fully saturated rings. The van der Waals surface area contributed by atoms with E-state index in [4.69, 9.17) is 0 Å². The van der Waals surface area contributed by atoms with Crippen LogP contribution in [-0.4, -0.2) is 28.0 Å². The van der Waals surface area contributed by atoms with E-state index in [2.05, 4.69) is 31.4 Å². The Morgan fingerprint density at radius 1 is 1.62 bits per heavy atom. The maximum absolute atomic E-state index is 11.3. The second-order valence-corrected chi connectivity index (χ2v) is 3.42. The van der Waals surface area contributed by atoms with Crippen molar-refractivity contribution in [3.8, 4) is 0 Å². The number of H-pyrrole nitrogens is 1. The van der Waals surface area contributed by atoms with Gasteiger partial charge in [0, 0.05) is 18.1 Å². The molecule has 0 saturated heterocycles. The van der Waals surface area contributed by atoms with Crippen LogP contribution in [0.4, 0.5) is 0 Å². The Morgan fingerprint density at radius 2 is 2.46 bits per heavy atom. The molecule has 0 aliphatic rings. The van der Waals surface area contributed by atoms with E-state index >= 15 is 0 Å². The van der Waals surface area contributed by atoms with Gasteiger partial charge >= 0.3 is 0 Å². The molecule has 1 aromatic heterocycles. The molecule has 0 saturated carbocycles. The minimum absolute atomic E-state index is 0.0907. The van der Waals surface area contributed by atoms with Gasteiger partial charge in [0.05, 0.1) is 0 Å². The number of amides is 1. The Labute approximate surface area is 85.2 Å². The lowest BCUT2D eigenvalue weighted by Gasteiger charge is -2.01. The fourth-order valence-electron chi connectivity index (χ4n) is 0.899. The van der Waals surface area contributed by atoms with Crippen LogP contribution in [0.5, 0.6) is 0 Å². The molecule has 0 unspecified atom stereocenters. The van der Waals surface area contributed by atoms with Crippen molar-refractivity contribution >= 4 is 21.8 Å². The number of carbonyl (C=O) groups excluding carboxylic acids is 1. The quantitative estimate of drug-likeness (QED) is 0.608. The van der Waals surface area contributed by atoms with E-state index in [0.29, 0.717) is 12.2 Å². The first-order valence-electron chi connectivity index (χ1n) is 4.18. The average Bonchev–Trinajstić information content (AvgIpc) is 2.65. The summed E-state index contributed by atoms with van der Waals surface area (Å²) in [5, 5.41) is 10.1. The van der Waals surface area contributed by atoms with Crippen LogP contribution in [0.15, 0.2) is 12.3 Å². The van der Waals surface area contributed by atoms with E-state index in [1.165, 1.54) is 0 Å². The topological polar surface area (TPSA) is 57.8 Å². The van der Waals surface area contributed by atoms with Crippen LogP contribution >= 0.6 is 15.9 Å². The van der Waals surface area contributed by atoms with Gasteiger partial charge in [-0.2, -0.15) is 5.10 Å². The monoisotopic (exact) mass is 245 g/mol. The van der Waals surface area contributed by atoms with Crippen molar-refractivity contribution in [2.45, 2.75) is 12.8 Å². The number of hydrogen-bond donors (Lipinski definition) is 2. The smallest absolute Gasteiger partial charge is 0.269 e. The predicted molar refractivity (Wildman–Crippen MR) is 53.9 cm³/mol. The molecule has 0 atom stereocenters. The van der Waals surface area contributed by atoms with Gasteiger partial charge in [0.1, 0.15) is 5.69 Å². The van der Waals surface area contributed by atoms with Crippen molar-refractivity contribution < 1.29 is 4.79 Å². The summed E-state index contributed by atoms with van der Waals surface area (Å²) in [6.45, 7) is 0.712. The summed E-state index contributed by atoms with van der Waals surface area (Å²) in [6, 6.07) is 1.65. The summed E-state index contributed by atoms with van der Waals surface area (Å²) in [7, 11) is 0. The van der Waals surface area contributed by atoms with Crippen LogP contribution in [0.1, 0.15) is 23.3 Å². The van der Waals surface area contributed by atoms with Crippen molar-refractivity contribution in [2.75, 3.05) is 11.9 Å². The molecule has 0 bridgehead atoms. The number of halogens is 1. The second-order valence-electron chi connectivity index (χ2n) is 2.62. The van der Waals surface area contributed by atoms with Gasteiger partial charge in [0.2, 0.25) is 0 Å². The molecule has 72 valence electrons. The lowest BCUT2D eigenvalue weighted by Crippen LogP contribution is -2.24. The summed E-state index contributed by atoms with van der Waals surface area (Å²) >= 11 is 3.33. The molecule has 0 aromatic carbocycles. The van der Waals surface area contributed by atoms with Gasteiger partial charge < -0.3 is 5.32 Å². The highest BCUT2D eigenvalue weighted by Crippen LogP contribution is 1.94. The van der Waals surface area contributed by atoms with E-state index in [-0.39, 0.29) is 5.91 Å². The Hall–Kier alpha value is -0.840. The number of carbonyl (C=O) groups is 1. The first-order valence-corrected chi connectivity index (χ1v) is 5.30. The van der Waals surface area contributed by atoms with E-state index in [9.17, 15) is 4.79 Å². The van der Waals surface area contributed by atoms with Gasteiger partial charge in [0.15, 0.2) is 0 Å². The van der Waals surface area contributed by atoms with Crippen LogP contribution in [0.25, 0.3) is 0 Å². The first-order chi connectivity index (χ1) is 6.34. The zero-order valence-electron chi connectivity index (χ0n) is 7.22. The van der Waals surface area contributed by atoms with Gasteiger partial charge in [0.25, 0.3) is 5.91 Å². The number of nitrogens with one attached hydrogen (secondary N) is 2. The number of nitrogens with zero attached hydrogens (tertiary/aromatic N) is 1. The number of unbranched alkanes of at least 4 members (excludes halogenated alkanes) is 1. The van der Waals surface area contributed by atoms with Gasteiger partial charge in [-0.05, 0) is 18.9 Å². The third-order valence-electron chi connectivity index (χ3n) is 1.59. The molecule has 1 amide bonds. The largest absolute Gasteiger partial charge is 0.351 e. The van der Waals surface area contributed by atoms with Crippen LogP contribution in [0.3, 0.4) is 0 Å². The molecule has 1 rings (SSSR count). The second kappa shape index (κ2) is 5.75.